The van der Waals surface area contributed by atoms with Gasteiger partial charge >= 0.3 is 0 Å². The highest BCUT2D eigenvalue weighted by atomic mass is 16.1. The minimum atomic E-state index is -1.31. The Morgan fingerprint density at radius 2 is 1.95 bits per heavy atom. The number of nitrogens with zero attached hydrogens (tertiary/aromatic N) is 2. The predicted octanol–water partition coefficient (Wildman–Crippen LogP) is 3.05. The van der Waals surface area contributed by atoms with E-state index in [0.717, 1.165) is 12.8 Å². The quantitative estimate of drug-likeness (QED) is 0.794. The number of hydrogen-bond acceptors (Lipinski definition) is 4. The second-order valence-electron chi connectivity index (χ2n) is 5.39. The number of hydrogen-bond donors (Lipinski definition) is 0. The van der Waals surface area contributed by atoms with Crippen molar-refractivity contribution in [2.24, 2.45) is 11.3 Å². The van der Waals surface area contributed by atoms with Gasteiger partial charge in [0.1, 0.15) is 5.41 Å². The van der Waals surface area contributed by atoms with Crippen LogP contribution in [-0.2, 0) is 4.79 Å². The molecule has 1 fully saturated rings. The van der Waals surface area contributed by atoms with Crippen molar-refractivity contribution in [3.05, 3.63) is 35.9 Å². The van der Waals surface area contributed by atoms with Crippen LogP contribution in [0.25, 0.3) is 0 Å². The molecular weight excluding hydrogens is 264 g/mol. The second-order valence-corrected chi connectivity index (χ2v) is 5.39. The summed E-state index contributed by atoms with van der Waals surface area (Å²) in [5, 5.41) is 18.8. The van der Waals surface area contributed by atoms with Gasteiger partial charge in [0.25, 0.3) is 0 Å². The van der Waals surface area contributed by atoms with Crippen molar-refractivity contribution >= 4 is 11.6 Å². The van der Waals surface area contributed by atoms with E-state index < -0.39 is 11.3 Å². The SMILES string of the molecule is N#C[C@@H](CC(=O)c1ccccc1)[C@]1(C#N)CCCCC1=O. The van der Waals surface area contributed by atoms with Crippen molar-refractivity contribution in [1.82, 2.24) is 0 Å². The molecule has 0 N–H and O–H groups in total. The molecule has 0 aromatic heterocycles. The molecule has 0 bridgehead atoms. The largest absolute Gasteiger partial charge is 0.298 e. The summed E-state index contributed by atoms with van der Waals surface area (Å²) in [4.78, 5) is 24.4. The van der Waals surface area contributed by atoms with Crippen LogP contribution >= 0.6 is 0 Å². The summed E-state index contributed by atoms with van der Waals surface area (Å²) in [5.74, 6) is -1.26. The van der Waals surface area contributed by atoms with Gasteiger partial charge in [-0.15, -0.1) is 0 Å². The average molecular weight is 280 g/mol. The normalized spacial score (nSPS) is 22.9. The van der Waals surface area contributed by atoms with Gasteiger partial charge in [-0.05, 0) is 12.8 Å². The lowest BCUT2D eigenvalue weighted by molar-refractivity contribution is -0.129. The van der Waals surface area contributed by atoms with E-state index in [9.17, 15) is 20.1 Å². The van der Waals surface area contributed by atoms with Gasteiger partial charge in [-0.3, -0.25) is 9.59 Å². The zero-order valence-electron chi connectivity index (χ0n) is 11.7. The first-order valence-corrected chi connectivity index (χ1v) is 7.06. The standard InChI is InChI=1S/C17H16N2O2/c18-11-14(10-15(20)13-6-2-1-3-7-13)17(12-19)9-5-4-8-16(17)21/h1-3,6-7,14H,4-5,8-10H2/t14-,17-/m1/s1. The number of Topliss-reactive ketones (excluding diaryl/α,β-unsaturated/α-hetero) is 2. The molecule has 4 heteroatoms. The van der Waals surface area contributed by atoms with E-state index in [1.165, 1.54) is 0 Å². The highest BCUT2D eigenvalue weighted by molar-refractivity contribution is 5.97. The summed E-state index contributed by atoms with van der Waals surface area (Å²) in [6.45, 7) is 0. The summed E-state index contributed by atoms with van der Waals surface area (Å²) >= 11 is 0. The van der Waals surface area contributed by atoms with E-state index in [1.807, 2.05) is 6.07 Å². The third-order valence-corrected chi connectivity index (χ3v) is 4.16. The molecule has 2 rings (SSSR count). The summed E-state index contributed by atoms with van der Waals surface area (Å²) in [6, 6.07) is 12.7. The highest BCUT2D eigenvalue weighted by Gasteiger charge is 2.47. The zero-order valence-corrected chi connectivity index (χ0v) is 11.7. The molecule has 1 aliphatic rings. The summed E-state index contributed by atoms with van der Waals surface area (Å²) < 4.78 is 0. The van der Waals surface area contributed by atoms with E-state index in [1.54, 1.807) is 30.3 Å². The van der Waals surface area contributed by atoms with Crippen LogP contribution in [-0.4, -0.2) is 11.6 Å². The molecule has 0 radical (unpaired) electrons. The third-order valence-electron chi connectivity index (χ3n) is 4.16. The highest BCUT2D eigenvalue weighted by Crippen LogP contribution is 2.41. The van der Waals surface area contributed by atoms with Crippen molar-refractivity contribution < 1.29 is 9.59 Å². The maximum atomic E-state index is 12.2. The monoisotopic (exact) mass is 280 g/mol. The molecule has 1 aromatic rings. The fraction of sp³-hybridized carbons (Fsp3) is 0.412. The molecule has 0 unspecified atom stereocenters. The van der Waals surface area contributed by atoms with Crippen LogP contribution < -0.4 is 0 Å². The second kappa shape index (κ2) is 6.33. The minimum absolute atomic E-state index is 0.0835. The Bertz CT molecular complexity index is 624. The number of ketones is 2. The van der Waals surface area contributed by atoms with Crippen LogP contribution in [0.1, 0.15) is 42.5 Å². The molecule has 0 aliphatic heterocycles. The van der Waals surface area contributed by atoms with Crippen molar-refractivity contribution in [2.45, 2.75) is 32.1 Å². The first kappa shape index (κ1) is 14.9. The molecule has 0 amide bonds. The maximum Gasteiger partial charge on any atom is 0.164 e. The molecule has 21 heavy (non-hydrogen) atoms. The Labute approximate surface area is 124 Å². The van der Waals surface area contributed by atoms with Crippen LogP contribution in [0.5, 0.6) is 0 Å². The van der Waals surface area contributed by atoms with Crippen LogP contribution in [0, 0.1) is 34.0 Å². The van der Waals surface area contributed by atoms with Crippen LogP contribution in [0.3, 0.4) is 0 Å². The number of carbonyl (C=O) groups is 2. The lowest BCUT2D eigenvalue weighted by atomic mass is 9.65. The summed E-state index contributed by atoms with van der Waals surface area (Å²) in [6.07, 6.45) is 2.12. The van der Waals surface area contributed by atoms with Crippen molar-refractivity contribution in [3.8, 4) is 12.1 Å². The average Bonchev–Trinajstić information content (AvgIpc) is 2.54. The van der Waals surface area contributed by atoms with Crippen molar-refractivity contribution in [2.75, 3.05) is 0 Å². The van der Waals surface area contributed by atoms with Gasteiger partial charge < -0.3 is 0 Å². The molecule has 2 atom stereocenters. The fourth-order valence-corrected chi connectivity index (χ4v) is 2.87. The van der Waals surface area contributed by atoms with Gasteiger partial charge in [-0.2, -0.15) is 10.5 Å². The number of carbonyl (C=O) groups excluding carboxylic acids is 2. The zero-order chi connectivity index (χ0) is 15.3. The van der Waals surface area contributed by atoms with Crippen molar-refractivity contribution in [3.63, 3.8) is 0 Å². The van der Waals surface area contributed by atoms with Gasteiger partial charge in [0, 0.05) is 18.4 Å². The van der Waals surface area contributed by atoms with Crippen LogP contribution in [0.2, 0.25) is 0 Å². The maximum absolute atomic E-state index is 12.2. The molecule has 0 saturated heterocycles. The van der Waals surface area contributed by atoms with Crippen molar-refractivity contribution in [1.29, 1.82) is 10.5 Å². The first-order valence-electron chi connectivity index (χ1n) is 7.06. The number of nitriles is 2. The summed E-state index contributed by atoms with van der Waals surface area (Å²) in [7, 11) is 0. The minimum Gasteiger partial charge on any atom is -0.298 e. The van der Waals surface area contributed by atoms with Crippen LogP contribution in [0.15, 0.2) is 30.3 Å². The van der Waals surface area contributed by atoms with E-state index in [0.29, 0.717) is 18.4 Å². The summed E-state index contributed by atoms with van der Waals surface area (Å²) in [5.41, 5.74) is -0.800. The number of rotatable bonds is 4. The van der Waals surface area contributed by atoms with Gasteiger partial charge in [-0.1, -0.05) is 36.8 Å². The molecular formula is C17H16N2O2. The van der Waals surface area contributed by atoms with Crippen LogP contribution in [0.4, 0.5) is 0 Å². The predicted molar refractivity (Wildman–Crippen MR) is 76.0 cm³/mol. The lowest BCUT2D eigenvalue weighted by Crippen LogP contribution is -2.40. The van der Waals surface area contributed by atoms with Gasteiger partial charge in [-0.25, -0.2) is 0 Å². The van der Waals surface area contributed by atoms with E-state index >= 15 is 0 Å². The van der Waals surface area contributed by atoms with Gasteiger partial charge in [0.15, 0.2) is 11.6 Å². The molecule has 1 aliphatic carbocycles. The lowest BCUT2D eigenvalue weighted by Gasteiger charge is -2.32. The molecule has 1 aromatic carbocycles. The first-order chi connectivity index (χ1) is 10.1. The number of benzene rings is 1. The molecule has 4 nitrogen and oxygen atoms in total. The third kappa shape index (κ3) is 2.85. The van der Waals surface area contributed by atoms with Gasteiger partial charge in [0.05, 0.1) is 18.1 Å². The van der Waals surface area contributed by atoms with E-state index in [4.69, 9.17) is 0 Å². The Morgan fingerprint density at radius 1 is 1.24 bits per heavy atom. The topological polar surface area (TPSA) is 81.7 Å². The smallest absolute Gasteiger partial charge is 0.164 e. The fourth-order valence-electron chi connectivity index (χ4n) is 2.87. The molecule has 106 valence electrons. The Kier molecular flexibility index (Phi) is 4.50. The van der Waals surface area contributed by atoms with E-state index in [-0.39, 0.29) is 18.0 Å². The molecule has 0 spiro atoms. The van der Waals surface area contributed by atoms with E-state index in [2.05, 4.69) is 6.07 Å². The molecule has 0 heterocycles. The van der Waals surface area contributed by atoms with Gasteiger partial charge in [0.2, 0.25) is 0 Å². The molecule has 1 saturated carbocycles. The Balaban J connectivity index is 2.24. The Morgan fingerprint density at radius 3 is 2.52 bits per heavy atom. The Hall–Kier alpha value is -2.46.